The van der Waals surface area contributed by atoms with Crippen LogP contribution in [0.5, 0.6) is 0 Å². The van der Waals surface area contributed by atoms with E-state index in [4.69, 9.17) is 34.8 Å². The van der Waals surface area contributed by atoms with Crippen molar-refractivity contribution in [3.63, 3.8) is 0 Å². The maximum Gasteiger partial charge on any atom is 0.256 e. The number of benzene rings is 3. The van der Waals surface area contributed by atoms with Crippen LogP contribution in [0.4, 0.5) is 5.69 Å². The zero-order chi connectivity index (χ0) is 15.7. The lowest BCUT2D eigenvalue weighted by molar-refractivity contribution is 0.102. The van der Waals surface area contributed by atoms with Crippen molar-refractivity contribution in [2.75, 3.05) is 5.32 Å². The van der Waals surface area contributed by atoms with Crippen LogP contribution in [0, 0.1) is 0 Å². The van der Waals surface area contributed by atoms with Crippen LogP contribution < -0.4 is 5.32 Å². The van der Waals surface area contributed by atoms with Gasteiger partial charge in [-0.2, -0.15) is 0 Å². The molecule has 0 radical (unpaired) electrons. The van der Waals surface area contributed by atoms with Crippen molar-refractivity contribution in [3.8, 4) is 0 Å². The van der Waals surface area contributed by atoms with Crippen molar-refractivity contribution < 1.29 is 4.79 Å². The number of amides is 1. The summed E-state index contributed by atoms with van der Waals surface area (Å²) in [4.78, 5) is 12.5. The molecule has 0 aromatic heterocycles. The molecule has 0 atom stereocenters. The lowest BCUT2D eigenvalue weighted by Gasteiger charge is -2.09. The summed E-state index contributed by atoms with van der Waals surface area (Å²) in [5.74, 6) is -0.244. The fraction of sp³-hybridized carbons (Fsp3) is 0. The van der Waals surface area contributed by atoms with Gasteiger partial charge in [-0.1, -0.05) is 59.1 Å². The standard InChI is InChI=1S/C17H10Cl3NO/c18-10-7-11(19)9-12(8-10)21-17(22)15-5-1-4-14-13(15)3-2-6-16(14)20/h1-9H,(H,21,22). The molecule has 3 aromatic carbocycles. The number of halogens is 3. The Bertz CT molecular complexity index is 857. The first kappa shape index (κ1) is 15.2. The number of hydrogen-bond donors (Lipinski definition) is 1. The van der Waals surface area contributed by atoms with Gasteiger partial charge in [0.2, 0.25) is 0 Å². The Labute approximate surface area is 142 Å². The Morgan fingerprint density at radius 1 is 0.818 bits per heavy atom. The second-order valence-electron chi connectivity index (χ2n) is 4.75. The minimum Gasteiger partial charge on any atom is -0.322 e. The lowest BCUT2D eigenvalue weighted by Crippen LogP contribution is -2.12. The Kier molecular flexibility index (Phi) is 4.25. The number of fused-ring (bicyclic) bond motifs is 1. The van der Waals surface area contributed by atoms with Crippen LogP contribution in [0.2, 0.25) is 15.1 Å². The van der Waals surface area contributed by atoms with Crippen LogP contribution in [-0.4, -0.2) is 5.91 Å². The highest BCUT2D eigenvalue weighted by atomic mass is 35.5. The summed E-state index contributed by atoms with van der Waals surface area (Å²) >= 11 is 18.1. The average Bonchev–Trinajstić information content (AvgIpc) is 2.46. The summed E-state index contributed by atoms with van der Waals surface area (Å²) in [6, 6.07) is 15.8. The minimum absolute atomic E-state index is 0.244. The van der Waals surface area contributed by atoms with Gasteiger partial charge in [-0.15, -0.1) is 0 Å². The van der Waals surface area contributed by atoms with Gasteiger partial charge in [0.05, 0.1) is 0 Å². The van der Waals surface area contributed by atoms with Crippen molar-refractivity contribution in [1.82, 2.24) is 0 Å². The lowest BCUT2D eigenvalue weighted by atomic mass is 10.0. The third-order valence-corrected chi connectivity index (χ3v) is 4.00. The van der Waals surface area contributed by atoms with Gasteiger partial charge >= 0.3 is 0 Å². The van der Waals surface area contributed by atoms with Gasteiger partial charge in [-0.3, -0.25) is 4.79 Å². The molecule has 0 fully saturated rings. The van der Waals surface area contributed by atoms with Crippen molar-refractivity contribution >= 4 is 57.2 Å². The van der Waals surface area contributed by atoms with E-state index in [1.165, 1.54) is 0 Å². The molecular weight excluding hydrogens is 341 g/mol. The van der Waals surface area contributed by atoms with Crippen molar-refractivity contribution in [3.05, 3.63) is 75.2 Å². The fourth-order valence-corrected chi connectivity index (χ4v) is 3.06. The number of carbonyl (C=O) groups is 1. The maximum atomic E-state index is 12.5. The predicted molar refractivity (Wildman–Crippen MR) is 93.4 cm³/mol. The highest BCUT2D eigenvalue weighted by Gasteiger charge is 2.12. The number of nitrogens with one attached hydrogen (secondary N) is 1. The van der Waals surface area contributed by atoms with E-state index in [1.54, 1.807) is 36.4 Å². The van der Waals surface area contributed by atoms with E-state index in [0.29, 0.717) is 26.3 Å². The summed E-state index contributed by atoms with van der Waals surface area (Å²) in [7, 11) is 0. The van der Waals surface area contributed by atoms with Gasteiger partial charge in [0.1, 0.15) is 0 Å². The van der Waals surface area contributed by atoms with Crippen LogP contribution in [-0.2, 0) is 0 Å². The number of anilines is 1. The van der Waals surface area contributed by atoms with Gasteiger partial charge in [0.25, 0.3) is 5.91 Å². The first-order valence-electron chi connectivity index (χ1n) is 6.49. The van der Waals surface area contributed by atoms with Crippen LogP contribution >= 0.6 is 34.8 Å². The molecule has 3 aromatic rings. The molecule has 110 valence electrons. The molecule has 0 aliphatic rings. The molecule has 5 heteroatoms. The normalized spacial score (nSPS) is 10.7. The molecule has 0 unspecified atom stereocenters. The van der Waals surface area contributed by atoms with Crippen LogP contribution in [0.15, 0.2) is 54.6 Å². The van der Waals surface area contributed by atoms with Gasteiger partial charge in [-0.05, 0) is 35.7 Å². The van der Waals surface area contributed by atoms with E-state index in [2.05, 4.69) is 5.32 Å². The largest absolute Gasteiger partial charge is 0.322 e. The van der Waals surface area contributed by atoms with E-state index in [9.17, 15) is 4.79 Å². The predicted octanol–water partition coefficient (Wildman–Crippen LogP) is 6.05. The van der Waals surface area contributed by atoms with E-state index in [0.717, 1.165) is 10.8 Å². The first-order valence-corrected chi connectivity index (χ1v) is 7.63. The van der Waals surface area contributed by atoms with Gasteiger partial charge < -0.3 is 5.32 Å². The molecule has 0 aliphatic carbocycles. The smallest absolute Gasteiger partial charge is 0.256 e. The quantitative estimate of drug-likeness (QED) is 0.598. The van der Waals surface area contributed by atoms with E-state index < -0.39 is 0 Å². The minimum atomic E-state index is -0.244. The molecule has 0 spiro atoms. The van der Waals surface area contributed by atoms with Crippen LogP contribution in [0.25, 0.3) is 10.8 Å². The Morgan fingerprint density at radius 3 is 2.18 bits per heavy atom. The molecule has 3 rings (SSSR count). The molecular formula is C17H10Cl3NO. The zero-order valence-corrected chi connectivity index (χ0v) is 13.5. The van der Waals surface area contributed by atoms with Gasteiger partial charge in [0.15, 0.2) is 0 Å². The highest BCUT2D eigenvalue weighted by molar-refractivity contribution is 6.36. The SMILES string of the molecule is O=C(Nc1cc(Cl)cc(Cl)c1)c1cccc2c(Cl)cccc12. The fourth-order valence-electron chi connectivity index (χ4n) is 2.29. The third-order valence-electron chi connectivity index (χ3n) is 3.23. The molecule has 0 bridgehead atoms. The Hall–Kier alpha value is -1.74. The summed E-state index contributed by atoms with van der Waals surface area (Å²) in [6.45, 7) is 0. The summed E-state index contributed by atoms with van der Waals surface area (Å²) in [6.07, 6.45) is 0. The number of hydrogen-bond acceptors (Lipinski definition) is 1. The Morgan fingerprint density at radius 2 is 1.45 bits per heavy atom. The third kappa shape index (κ3) is 3.05. The van der Waals surface area contributed by atoms with Crippen molar-refractivity contribution in [1.29, 1.82) is 0 Å². The summed E-state index contributed by atoms with van der Waals surface area (Å²) in [5, 5.41) is 5.96. The topological polar surface area (TPSA) is 29.1 Å². The van der Waals surface area contributed by atoms with Crippen molar-refractivity contribution in [2.45, 2.75) is 0 Å². The molecule has 0 heterocycles. The molecule has 0 saturated carbocycles. The second kappa shape index (κ2) is 6.17. The zero-order valence-electron chi connectivity index (χ0n) is 11.2. The van der Waals surface area contributed by atoms with Crippen LogP contribution in [0.3, 0.4) is 0 Å². The summed E-state index contributed by atoms with van der Waals surface area (Å²) in [5.41, 5.74) is 1.08. The maximum absolute atomic E-state index is 12.5. The first-order chi connectivity index (χ1) is 10.5. The number of rotatable bonds is 2. The van der Waals surface area contributed by atoms with Gasteiger partial charge in [0, 0.05) is 31.7 Å². The monoisotopic (exact) mass is 349 g/mol. The van der Waals surface area contributed by atoms with Crippen LogP contribution in [0.1, 0.15) is 10.4 Å². The van der Waals surface area contributed by atoms with Gasteiger partial charge in [-0.25, -0.2) is 0 Å². The van der Waals surface area contributed by atoms with E-state index in [1.807, 2.05) is 18.2 Å². The Balaban J connectivity index is 2.01. The van der Waals surface area contributed by atoms with E-state index >= 15 is 0 Å². The molecule has 1 N–H and O–H groups in total. The molecule has 0 saturated heterocycles. The molecule has 0 aliphatic heterocycles. The molecule has 22 heavy (non-hydrogen) atoms. The van der Waals surface area contributed by atoms with Crippen molar-refractivity contribution in [2.24, 2.45) is 0 Å². The highest BCUT2D eigenvalue weighted by Crippen LogP contribution is 2.27. The molecule has 2 nitrogen and oxygen atoms in total. The molecule has 1 amide bonds. The second-order valence-corrected chi connectivity index (χ2v) is 6.03. The average molecular weight is 351 g/mol. The summed E-state index contributed by atoms with van der Waals surface area (Å²) < 4.78 is 0. The van der Waals surface area contributed by atoms with E-state index in [-0.39, 0.29) is 5.91 Å². The number of carbonyl (C=O) groups excluding carboxylic acids is 1.